The Labute approximate surface area is 133 Å². The maximum Gasteiger partial charge on any atom is 0.0637 e. The molecule has 0 aromatic heterocycles. The molecule has 0 heterocycles. The minimum absolute atomic E-state index is 0.608. The van der Waals surface area contributed by atoms with Crippen molar-refractivity contribution < 1.29 is 4.74 Å². The van der Waals surface area contributed by atoms with Crippen LogP contribution in [0.2, 0.25) is 5.02 Å². The number of nitrogens with zero attached hydrogens (tertiary/aromatic N) is 1. The third kappa shape index (κ3) is 5.50. The van der Waals surface area contributed by atoms with Gasteiger partial charge in [0.1, 0.15) is 0 Å². The first-order chi connectivity index (χ1) is 10.1. The van der Waals surface area contributed by atoms with Crippen molar-refractivity contribution in [2.45, 2.75) is 39.3 Å². The zero-order valence-electron chi connectivity index (χ0n) is 13.4. The van der Waals surface area contributed by atoms with Gasteiger partial charge in [-0.1, -0.05) is 31.5 Å². The summed E-state index contributed by atoms with van der Waals surface area (Å²) >= 11 is 6.45. The second-order valence-corrected chi connectivity index (χ2v) is 6.67. The Morgan fingerprint density at radius 1 is 1.38 bits per heavy atom. The predicted octanol–water partition coefficient (Wildman–Crippen LogP) is 3.70. The molecule has 0 aliphatic heterocycles. The lowest BCUT2D eigenvalue weighted by Gasteiger charge is -2.27. The van der Waals surface area contributed by atoms with Crippen molar-refractivity contribution in [1.29, 1.82) is 0 Å². The first-order valence-corrected chi connectivity index (χ1v) is 8.23. The normalized spacial score (nSPS) is 14.7. The molecule has 1 aliphatic rings. The van der Waals surface area contributed by atoms with Crippen LogP contribution in [-0.2, 0) is 11.3 Å². The van der Waals surface area contributed by atoms with Gasteiger partial charge < -0.3 is 15.0 Å². The first-order valence-electron chi connectivity index (χ1n) is 7.86. The van der Waals surface area contributed by atoms with Gasteiger partial charge in [0.25, 0.3) is 0 Å². The molecule has 1 aromatic rings. The van der Waals surface area contributed by atoms with Crippen LogP contribution in [-0.4, -0.2) is 32.8 Å². The summed E-state index contributed by atoms with van der Waals surface area (Å²) in [6.45, 7) is 7.97. The number of methoxy groups -OCH3 is 1. The molecule has 1 fully saturated rings. The molecule has 1 N–H and O–H groups in total. The van der Waals surface area contributed by atoms with Gasteiger partial charge in [-0.25, -0.2) is 0 Å². The predicted molar refractivity (Wildman–Crippen MR) is 90.2 cm³/mol. The number of nitrogens with one attached hydrogen (secondary N) is 1. The van der Waals surface area contributed by atoms with Crippen LogP contribution >= 0.6 is 11.6 Å². The van der Waals surface area contributed by atoms with Gasteiger partial charge >= 0.3 is 0 Å². The highest BCUT2D eigenvalue weighted by Gasteiger charge is 2.20. The summed E-state index contributed by atoms with van der Waals surface area (Å²) in [4.78, 5) is 2.35. The van der Waals surface area contributed by atoms with Crippen molar-refractivity contribution in [3.05, 3.63) is 28.8 Å². The molecule has 0 spiro atoms. The van der Waals surface area contributed by atoms with Crippen LogP contribution in [0.5, 0.6) is 0 Å². The number of halogens is 1. The summed E-state index contributed by atoms with van der Waals surface area (Å²) in [5.74, 6) is 0.608. The highest BCUT2D eigenvalue weighted by Crippen LogP contribution is 2.26. The highest BCUT2D eigenvalue weighted by molar-refractivity contribution is 6.31. The molecule has 21 heavy (non-hydrogen) atoms. The number of hydrogen-bond acceptors (Lipinski definition) is 3. The monoisotopic (exact) mass is 310 g/mol. The van der Waals surface area contributed by atoms with Gasteiger partial charge in [0, 0.05) is 43.5 Å². The van der Waals surface area contributed by atoms with E-state index in [0.717, 1.165) is 31.3 Å². The van der Waals surface area contributed by atoms with Gasteiger partial charge in [0.15, 0.2) is 0 Å². The fraction of sp³-hybridized carbons (Fsp3) is 0.647. The Bertz CT molecular complexity index is 446. The topological polar surface area (TPSA) is 24.5 Å². The average molecular weight is 311 g/mol. The molecule has 118 valence electrons. The maximum absolute atomic E-state index is 6.45. The molecular weight excluding hydrogens is 284 g/mol. The van der Waals surface area contributed by atoms with Crippen molar-refractivity contribution in [2.24, 2.45) is 5.92 Å². The van der Waals surface area contributed by atoms with Gasteiger partial charge in [0.2, 0.25) is 0 Å². The van der Waals surface area contributed by atoms with Crippen molar-refractivity contribution in [3.8, 4) is 0 Å². The summed E-state index contributed by atoms with van der Waals surface area (Å²) in [7, 11) is 1.74. The van der Waals surface area contributed by atoms with E-state index < -0.39 is 0 Å². The van der Waals surface area contributed by atoms with Gasteiger partial charge in [-0.3, -0.25) is 0 Å². The zero-order chi connectivity index (χ0) is 15.2. The largest absolute Gasteiger partial charge is 0.383 e. The molecule has 0 radical (unpaired) electrons. The van der Waals surface area contributed by atoms with E-state index in [4.69, 9.17) is 16.3 Å². The molecule has 3 nitrogen and oxygen atoms in total. The number of rotatable bonds is 9. The van der Waals surface area contributed by atoms with E-state index in [9.17, 15) is 0 Å². The molecule has 0 amide bonds. The van der Waals surface area contributed by atoms with Crippen molar-refractivity contribution >= 4 is 17.3 Å². The number of benzene rings is 1. The van der Waals surface area contributed by atoms with Crippen LogP contribution in [0, 0.1) is 5.92 Å². The zero-order valence-corrected chi connectivity index (χ0v) is 14.1. The Balaban J connectivity index is 2.02. The maximum atomic E-state index is 6.45. The quantitative estimate of drug-likeness (QED) is 0.752. The summed E-state index contributed by atoms with van der Waals surface area (Å²) in [5.41, 5.74) is 2.37. The molecule has 1 aliphatic carbocycles. The van der Waals surface area contributed by atoms with Crippen LogP contribution in [0.25, 0.3) is 0 Å². The van der Waals surface area contributed by atoms with E-state index in [2.05, 4.69) is 42.3 Å². The summed E-state index contributed by atoms with van der Waals surface area (Å²) < 4.78 is 5.22. The Kier molecular flexibility index (Phi) is 6.34. The number of ether oxygens (including phenoxy) is 1. The minimum atomic E-state index is 0.608. The van der Waals surface area contributed by atoms with Gasteiger partial charge in [-0.05, 0) is 36.5 Å². The second-order valence-electron chi connectivity index (χ2n) is 6.26. The first kappa shape index (κ1) is 16.6. The third-order valence-electron chi connectivity index (χ3n) is 3.71. The number of anilines is 1. The van der Waals surface area contributed by atoms with Crippen LogP contribution in [0.15, 0.2) is 18.2 Å². The van der Waals surface area contributed by atoms with E-state index in [-0.39, 0.29) is 0 Å². The van der Waals surface area contributed by atoms with Gasteiger partial charge in [-0.2, -0.15) is 0 Å². The van der Waals surface area contributed by atoms with E-state index in [1.54, 1.807) is 7.11 Å². The second kappa shape index (κ2) is 8.02. The molecule has 1 aromatic carbocycles. The fourth-order valence-corrected chi connectivity index (χ4v) is 2.63. The smallest absolute Gasteiger partial charge is 0.0637 e. The van der Waals surface area contributed by atoms with Crippen LogP contribution in [0.4, 0.5) is 5.69 Å². The lowest BCUT2D eigenvalue weighted by atomic mass is 10.1. The Hall–Kier alpha value is -0.770. The van der Waals surface area contributed by atoms with Crippen LogP contribution in [0.1, 0.15) is 32.3 Å². The SMILES string of the molecule is COCCN(CC(C)C)c1ccc(CNC2CC2)c(Cl)c1. The summed E-state index contributed by atoms with van der Waals surface area (Å²) in [6.07, 6.45) is 2.60. The molecule has 0 unspecified atom stereocenters. The average Bonchev–Trinajstić information content (AvgIpc) is 3.26. The van der Waals surface area contributed by atoms with Crippen molar-refractivity contribution in [2.75, 3.05) is 31.7 Å². The number of hydrogen-bond donors (Lipinski definition) is 1. The third-order valence-corrected chi connectivity index (χ3v) is 4.06. The molecule has 2 rings (SSSR count). The van der Waals surface area contributed by atoms with Gasteiger partial charge in [0.05, 0.1) is 6.61 Å². The lowest BCUT2D eigenvalue weighted by molar-refractivity contribution is 0.204. The van der Waals surface area contributed by atoms with Gasteiger partial charge in [-0.15, -0.1) is 0 Å². The van der Waals surface area contributed by atoms with E-state index in [1.807, 2.05) is 0 Å². The summed E-state index contributed by atoms with van der Waals surface area (Å²) in [5, 5.41) is 4.36. The molecule has 0 saturated heterocycles. The van der Waals surface area contributed by atoms with Crippen LogP contribution < -0.4 is 10.2 Å². The summed E-state index contributed by atoms with van der Waals surface area (Å²) in [6, 6.07) is 7.12. The molecule has 0 bridgehead atoms. The van der Waals surface area contributed by atoms with E-state index >= 15 is 0 Å². The Morgan fingerprint density at radius 2 is 2.14 bits per heavy atom. The fourth-order valence-electron chi connectivity index (χ4n) is 2.39. The molecule has 0 atom stereocenters. The standard InChI is InChI=1S/C17H27ClN2O/c1-13(2)12-20(8-9-21-3)16-7-4-14(17(18)10-16)11-19-15-5-6-15/h4,7,10,13,15,19H,5-6,8-9,11-12H2,1-3H3. The molecular formula is C17H27ClN2O. The van der Waals surface area contributed by atoms with E-state index in [1.165, 1.54) is 24.1 Å². The van der Waals surface area contributed by atoms with Crippen molar-refractivity contribution in [1.82, 2.24) is 5.32 Å². The Morgan fingerprint density at radius 3 is 2.71 bits per heavy atom. The molecule has 1 saturated carbocycles. The van der Waals surface area contributed by atoms with E-state index in [0.29, 0.717) is 12.0 Å². The van der Waals surface area contributed by atoms with Crippen molar-refractivity contribution in [3.63, 3.8) is 0 Å². The minimum Gasteiger partial charge on any atom is -0.383 e. The van der Waals surface area contributed by atoms with Crippen LogP contribution in [0.3, 0.4) is 0 Å². The lowest BCUT2D eigenvalue weighted by Crippen LogP contribution is -2.31. The highest BCUT2D eigenvalue weighted by atomic mass is 35.5. The molecule has 4 heteroatoms.